The van der Waals surface area contributed by atoms with Crippen LogP contribution >= 0.6 is 11.8 Å². The third-order valence-corrected chi connectivity index (χ3v) is 2.09. The van der Waals surface area contributed by atoms with E-state index in [0.29, 0.717) is 16.0 Å². The number of thioether (sulfide) groups is 1. The molecule has 0 radical (unpaired) electrons. The van der Waals surface area contributed by atoms with Gasteiger partial charge in [-0.25, -0.2) is 4.39 Å². The molecular formula is C9H5FN2S. The number of hydrogen-bond donors (Lipinski definition) is 0. The summed E-state index contributed by atoms with van der Waals surface area (Å²) in [6, 6.07) is 6.56. The molecule has 0 fully saturated rings. The first kappa shape index (κ1) is 9.57. The Labute approximate surface area is 79.6 Å². The van der Waals surface area contributed by atoms with Crippen molar-refractivity contribution >= 4 is 11.8 Å². The lowest BCUT2D eigenvalue weighted by atomic mass is 10.1. The second-order valence-electron chi connectivity index (χ2n) is 2.26. The third kappa shape index (κ3) is 2.21. The summed E-state index contributed by atoms with van der Waals surface area (Å²) in [5, 5.41) is 18.8. The molecule has 0 aromatic heterocycles. The highest BCUT2D eigenvalue weighted by atomic mass is 32.2. The molecule has 0 unspecified atom stereocenters. The molecule has 0 saturated heterocycles. The number of thiocyanates is 1. The van der Waals surface area contributed by atoms with E-state index in [9.17, 15) is 4.39 Å². The Morgan fingerprint density at radius 1 is 1.38 bits per heavy atom. The summed E-state index contributed by atoms with van der Waals surface area (Å²) < 4.78 is 12.3. The van der Waals surface area contributed by atoms with Crippen molar-refractivity contribution in [2.45, 2.75) is 11.6 Å². The number of hydrogen-bond acceptors (Lipinski definition) is 3. The van der Waals surface area contributed by atoms with Crippen LogP contribution in [0.3, 0.4) is 0 Å². The minimum absolute atomic E-state index is 0.324. The van der Waals surface area contributed by atoms with Gasteiger partial charge in [0.2, 0.25) is 0 Å². The molecule has 0 heterocycles. The minimum Gasteiger partial charge on any atom is -0.246 e. The molecule has 0 aliphatic rings. The van der Waals surface area contributed by atoms with Crippen LogP contribution in [0, 0.1) is 22.0 Å². The minimum atomic E-state index is -0.678. The Balaban J connectivity index is 3.09. The van der Waals surface area contributed by atoms with Crippen LogP contribution in [-0.2, 0) is 6.67 Å². The fourth-order valence-corrected chi connectivity index (χ4v) is 1.35. The average molecular weight is 192 g/mol. The molecule has 0 saturated carbocycles. The van der Waals surface area contributed by atoms with E-state index in [1.807, 2.05) is 11.5 Å². The molecule has 0 atom stereocenters. The van der Waals surface area contributed by atoms with Crippen molar-refractivity contribution in [3.05, 3.63) is 29.3 Å². The summed E-state index contributed by atoms with van der Waals surface area (Å²) in [5.41, 5.74) is 0.660. The van der Waals surface area contributed by atoms with Gasteiger partial charge < -0.3 is 0 Å². The van der Waals surface area contributed by atoms with Crippen molar-refractivity contribution in [1.82, 2.24) is 0 Å². The van der Waals surface area contributed by atoms with Gasteiger partial charge in [0.15, 0.2) is 0 Å². The lowest BCUT2D eigenvalue weighted by Gasteiger charge is -1.99. The van der Waals surface area contributed by atoms with Gasteiger partial charge in [0.25, 0.3) is 0 Å². The highest BCUT2D eigenvalue weighted by Gasteiger charge is 2.02. The van der Waals surface area contributed by atoms with Gasteiger partial charge >= 0.3 is 0 Å². The molecular weight excluding hydrogens is 187 g/mol. The van der Waals surface area contributed by atoms with Crippen molar-refractivity contribution in [2.24, 2.45) is 0 Å². The van der Waals surface area contributed by atoms with Gasteiger partial charge in [0.05, 0.1) is 11.6 Å². The van der Waals surface area contributed by atoms with E-state index in [1.54, 1.807) is 6.07 Å². The van der Waals surface area contributed by atoms with E-state index in [0.717, 1.165) is 11.8 Å². The first-order valence-electron chi connectivity index (χ1n) is 3.46. The van der Waals surface area contributed by atoms with Crippen LogP contribution in [0.4, 0.5) is 4.39 Å². The molecule has 1 aromatic rings. The Morgan fingerprint density at radius 2 is 2.15 bits per heavy atom. The largest absolute Gasteiger partial charge is 0.246 e. The van der Waals surface area contributed by atoms with Crippen molar-refractivity contribution < 1.29 is 4.39 Å². The number of nitriles is 2. The molecule has 13 heavy (non-hydrogen) atoms. The second-order valence-corrected chi connectivity index (χ2v) is 3.12. The van der Waals surface area contributed by atoms with E-state index in [1.165, 1.54) is 12.1 Å². The lowest BCUT2D eigenvalue weighted by molar-refractivity contribution is 0.484. The SMILES string of the molecule is N#CSc1ccc(C#N)c(CF)c1. The van der Waals surface area contributed by atoms with Gasteiger partial charge in [-0.15, -0.1) is 0 Å². The summed E-state index contributed by atoms with van der Waals surface area (Å²) >= 11 is 0.953. The highest BCUT2D eigenvalue weighted by molar-refractivity contribution is 8.03. The first-order valence-corrected chi connectivity index (χ1v) is 4.28. The molecule has 0 spiro atoms. The van der Waals surface area contributed by atoms with E-state index in [-0.39, 0.29) is 0 Å². The Bertz CT molecular complexity index is 390. The zero-order chi connectivity index (χ0) is 9.68. The fourth-order valence-electron chi connectivity index (χ4n) is 0.906. The summed E-state index contributed by atoms with van der Waals surface area (Å²) in [6.07, 6.45) is 0. The Hall–Kier alpha value is -1.52. The fraction of sp³-hybridized carbons (Fsp3) is 0.111. The normalized spacial score (nSPS) is 8.85. The summed E-state index contributed by atoms with van der Waals surface area (Å²) in [7, 11) is 0. The monoisotopic (exact) mass is 192 g/mol. The summed E-state index contributed by atoms with van der Waals surface area (Å²) in [4.78, 5) is 0.661. The van der Waals surface area contributed by atoms with Gasteiger partial charge in [0, 0.05) is 10.5 Å². The van der Waals surface area contributed by atoms with Gasteiger partial charge in [-0.1, -0.05) is 0 Å². The van der Waals surface area contributed by atoms with Gasteiger partial charge in [-0.3, -0.25) is 0 Å². The van der Waals surface area contributed by atoms with Crippen LogP contribution in [0.1, 0.15) is 11.1 Å². The van der Waals surface area contributed by atoms with E-state index >= 15 is 0 Å². The van der Waals surface area contributed by atoms with Gasteiger partial charge in [-0.05, 0) is 30.0 Å². The molecule has 0 bridgehead atoms. The zero-order valence-corrected chi connectivity index (χ0v) is 7.44. The van der Waals surface area contributed by atoms with Crippen molar-refractivity contribution in [1.29, 1.82) is 10.5 Å². The number of alkyl halides is 1. The van der Waals surface area contributed by atoms with E-state index in [2.05, 4.69) is 0 Å². The molecule has 2 nitrogen and oxygen atoms in total. The molecule has 0 N–H and O–H groups in total. The van der Waals surface area contributed by atoms with E-state index in [4.69, 9.17) is 10.5 Å². The second kappa shape index (κ2) is 4.49. The maximum atomic E-state index is 12.3. The maximum absolute atomic E-state index is 12.3. The topological polar surface area (TPSA) is 47.6 Å². The number of nitrogens with zero attached hydrogens (tertiary/aromatic N) is 2. The molecule has 1 aromatic carbocycles. The predicted molar refractivity (Wildman–Crippen MR) is 47.4 cm³/mol. The van der Waals surface area contributed by atoms with Gasteiger partial charge in [-0.2, -0.15) is 10.5 Å². The van der Waals surface area contributed by atoms with Crippen LogP contribution in [0.5, 0.6) is 0 Å². The first-order chi connectivity index (χ1) is 6.31. The van der Waals surface area contributed by atoms with Gasteiger partial charge in [0.1, 0.15) is 12.1 Å². The van der Waals surface area contributed by atoms with Crippen LogP contribution < -0.4 is 0 Å². The summed E-state index contributed by atoms with van der Waals surface area (Å²) in [6.45, 7) is -0.678. The Morgan fingerprint density at radius 3 is 2.69 bits per heavy atom. The highest BCUT2D eigenvalue weighted by Crippen LogP contribution is 2.20. The molecule has 0 amide bonds. The zero-order valence-electron chi connectivity index (χ0n) is 6.62. The van der Waals surface area contributed by atoms with Crippen LogP contribution in [0.2, 0.25) is 0 Å². The van der Waals surface area contributed by atoms with E-state index < -0.39 is 6.67 Å². The van der Waals surface area contributed by atoms with Crippen LogP contribution in [0.15, 0.2) is 23.1 Å². The number of rotatable bonds is 2. The van der Waals surface area contributed by atoms with Crippen molar-refractivity contribution in [3.63, 3.8) is 0 Å². The summed E-state index contributed by atoms with van der Waals surface area (Å²) in [5.74, 6) is 0. The average Bonchev–Trinajstić information content (AvgIpc) is 2.18. The van der Waals surface area contributed by atoms with Crippen molar-refractivity contribution in [2.75, 3.05) is 0 Å². The smallest absolute Gasteiger partial charge is 0.138 e. The predicted octanol–water partition coefficient (Wildman–Crippen LogP) is 2.60. The third-order valence-electron chi connectivity index (χ3n) is 1.50. The molecule has 0 aliphatic heterocycles. The number of benzene rings is 1. The molecule has 64 valence electrons. The molecule has 4 heteroatoms. The van der Waals surface area contributed by atoms with Crippen LogP contribution in [-0.4, -0.2) is 0 Å². The molecule has 1 rings (SSSR count). The standard InChI is InChI=1S/C9H5FN2S/c10-4-8-3-9(13-6-12)2-1-7(8)5-11/h1-3H,4H2. The lowest BCUT2D eigenvalue weighted by Crippen LogP contribution is -1.86. The number of halogens is 1. The Kier molecular flexibility index (Phi) is 3.31. The molecule has 0 aliphatic carbocycles. The van der Waals surface area contributed by atoms with Crippen molar-refractivity contribution in [3.8, 4) is 11.5 Å². The quantitative estimate of drug-likeness (QED) is 0.534. The van der Waals surface area contributed by atoms with Crippen LogP contribution in [0.25, 0.3) is 0 Å². The maximum Gasteiger partial charge on any atom is 0.138 e.